The van der Waals surface area contributed by atoms with Crippen LogP contribution in [0.3, 0.4) is 0 Å². The SMILES string of the molecule is C#CC(CC)n1c(C)cc(C(=O)C(C)Cl)c1C. The second kappa shape index (κ2) is 5.42. The van der Waals surface area contributed by atoms with E-state index in [-0.39, 0.29) is 11.8 Å². The average Bonchev–Trinajstić information content (AvgIpc) is 2.57. The Morgan fingerprint density at radius 1 is 1.59 bits per heavy atom. The van der Waals surface area contributed by atoms with Crippen molar-refractivity contribution >= 4 is 17.4 Å². The van der Waals surface area contributed by atoms with Crippen molar-refractivity contribution in [2.45, 2.75) is 45.5 Å². The van der Waals surface area contributed by atoms with Crippen LogP contribution < -0.4 is 0 Å². The highest BCUT2D eigenvalue weighted by Crippen LogP contribution is 2.23. The van der Waals surface area contributed by atoms with E-state index in [1.807, 2.05) is 31.4 Å². The Bertz CT molecular complexity index is 465. The smallest absolute Gasteiger partial charge is 0.182 e. The molecule has 0 aliphatic carbocycles. The standard InChI is InChI=1S/C14H18ClNO/c1-6-12(7-2)16-9(3)8-13(11(16)5)14(17)10(4)15/h1,8,10,12H,7H2,2-5H3. The summed E-state index contributed by atoms with van der Waals surface area (Å²) in [5.74, 6) is 2.71. The van der Waals surface area contributed by atoms with Crippen LogP contribution in [0.15, 0.2) is 6.07 Å². The molecule has 0 amide bonds. The molecule has 2 atom stereocenters. The van der Waals surface area contributed by atoms with E-state index in [0.717, 1.165) is 17.8 Å². The Labute approximate surface area is 108 Å². The van der Waals surface area contributed by atoms with E-state index in [4.69, 9.17) is 18.0 Å². The van der Waals surface area contributed by atoms with Crippen molar-refractivity contribution in [3.8, 4) is 12.3 Å². The summed E-state index contributed by atoms with van der Waals surface area (Å²) in [4.78, 5) is 11.9. The van der Waals surface area contributed by atoms with Crippen LogP contribution in [0.25, 0.3) is 0 Å². The number of hydrogen-bond donors (Lipinski definition) is 0. The quantitative estimate of drug-likeness (QED) is 0.456. The molecular formula is C14H18ClNO. The third-order valence-electron chi connectivity index (χ3n) is 3.00. The summed E-state index contributed by atoms with van der Waals surface area (Å²) in [7, 11) is 0. The number of hydrogen-bond acceptors (Lipinski definition) is 1. The number of carbonyl (C=O) groups is 1. The first-order valence-corrected chi connectivity index (χ1v) is 6.20. The lowest BCUT2D eigenvalue weighted by Gasteiger charge is -2.16. The summed E-state index contributed by atoms with van der Waals surface area (Å²) in [6.45, 7) is 7.60. The summed E-state index contributed by atoms with van der Waals surface area (Å²) in [6, 6.07) is 1.87. The molecular weight excluding hydrogens is 234 g/mol. The lowest BCUT2D eigenvalue weighted by Crippen LogP contribution is -2.14. The first-order valence-electron chi connectivity index (χ1n) is 5.76. The molecule has 0 aliphatic rings. The maximum atomic E-state index is 11.9. The van der Waals surface area contributed by atoms with Gasteiger partial charge in [0.15, 0.2) is 5.78 Å². The highest BCUT2D eigenvalue weighted by atomic mass is 35.5. The molecule has 3 heteroatoms. The molecule has 0 saturated heterocycles. The Kier molecular flexibility index (Phi) is 4.42. The topological polar surface area (TPSA) is 22.0 Å². The minimum Gasteiger partial charge on any atom is -0.334 e. The predicted molar refractivity (Wildman–Crippen MR) is 71.7 cm³/mol. The molecule has 0 spiro atoms. The Balaban J connectivity index is 3.29. The van der Waals surface area contributed by atoms with Gasteiger partial charge in [-0.1, -0.05) is 12.8 Å². The monoisotopic (exact) mass is 251 g/mol. The molecule has 0 N–H and O–H groups in total. The van der Waals surface area contributed by atoms with Crippen LogP contribution in [0.4, 0.5) is 0 Å². The largest absolute Gasteiger partial charge is 0.334 e. The van der Waals surface area contributed by atoms with Gasteiger partial charge in [0.2, 0.25) is 0 Å². The van der Waals surface area contributed by atoms with Gasteiger partial charge >= 0.3 is 0 Å². The molecule has 0 radical (unpaired) electrons. The van der Waals surface area contributed by atoms with Gasteiger partial charge in [0.25, 0.3) is 0 Å². The number of aromatic nitrogens is 1. The van der Waals surface area contributed by atoms with E-state index in [1.165, 1.54) is 0 Å². The molecule has 2 unspecified atom stereocenters. The molecule has 0 bridgehead atoms. The molecule has 1 heterocycles. The number of alkyl halides is 1. The van der Waals surface area contributed by atoms with Crippen LogP contribution in [-0.2, 0) is 0 Å². The van der Waals surface area contributed by atoms with Crippen LogP contribution in [0.1, 0.15) is 48.1 Å². The summed E-state index contributed by atoms with van der Waals surface area (Å²) >= 11 is 5.84. The minimum absolute atomic E-state index is 0.00202. The zero-order chi connectivity index (χ0) is 13.2. The number of nitrogens with zero attached hydrogens (tertiary/aromatic N) is 1. The maximum Gasteiger partial charge on any atom is 0.182 e. The Hall–Kier alpha value is -1.20. The van der Waals surface area contributed by atoms with Crippen LogP contribution in [0.2, 0.25) is 0 Å². The number of carbonyl (C=O) groups excluding carboxylic acids is 1. The van der Waals surface area contributed by atoms with Crippen molar-refractivity contribution in [3.63, 3.8) is 0 Å². The molecule has 0 saturated carbocycles. The lowest BCUT2D eigenvalue weighted by molar-refractivity contribution is 0.0991. The second-order valence-electron chi connectivity index (χ2n) is 4.23. The van der Waals surface area contributed by atoms with Crippen LogP contribution >= 0.6 is 11.6 Å². The molecule has 92 valence electrons. The number of ketones is 1. The molecule has 1 aromatic heterocycles. The summed E-state index contributed by atoms with van der Waals surface area (Å²) in [5.41, 5.74) is 2.59. The van der Waals surface area contributed by atoms with E-state index in [9.17, 15) is 4.79 Å². The molecule has 1 aromatic rings. The maximum absolute atomic E-state index is 11.9. The fourth-order valence-electron chi connectivity index (χ4n) is 2.10. The molecule has 1 rings (SSSR count). The summed E-state index contributed by atoms with van der Waals surface area (Å²) in [5, 5.41) is -0.505. The predicted octanol–water partition coefficient (Wildman–Crippen LogP) is 3.50. The van der Waals surface area contributed by atoms with Gasteiger partial charge in [0.1, 0.15) is 0 Å². The highest BCUT2D eigenvalue weighted by Gasteiger charge is 2.21. The molecule has 17 heavy (non-hydrogen) atoms. The van der Waals surface area contributed by atoms with Crippen molar-refractivity contribution in [2.24, 2.45) is 0 Å². The van der Waals surface area contributed by atoms with Gasteiger partial charge in [-0.05, 0) is 33.3 Å². The van der Waals surface area contributed by atoms with Gasteiger partial charge in [-0.15, -0.1) is 18.0 Å². The van der Waals surface area contributed by atoms with Gasteiger partial charge < -0.3 is 4.57 Å². The first-order chi connectivity index (χ1) is 7.93. The fourth-order valence-corrected chi connectivity index (χ4v) is 2.21. The average molecular weight is 252 g/mol. The van der Waals surface area contributed by atoms with Gasteiger partial charge in [0, 0.05) is 17.0 Å². The number of halogens is 1. The summed E-state index contributed by atoms with van der Waals surface area (Å²) in [6.07, 6.45) is 6.36. The van der Waals surface area contributed by atoms with Crippen LogP contribution in [0, 0.1) is 26.2 Å². The third kappa shape index (κ3) is 2.56. The van der Waals surface area contributed by atoms with Crippen molar-refractivity contribution in [2.75, 3.05) is 0 Å². The van der Waals surface area contributed by atoms with Gasteiger partial charge in [-0.2, -0.15) is 0 Å². The third-order valence-corrected chi connectivity index (χ3v) is 3.20. The minimum atomic E-state index is -0.505. The zero-order valence-corrected chi connectivity index (χ0v) is 11.5. The number of rotatable bonds is 4. The van der Waals surface area contributed by atoms with E-state index in [2.05, 4.69) is 5.92 Å². The Morgan fingerprint density at radius 3 is 2.59 bits per heavy atom. The van der Waals surface area contributed by atoms with E-state index in [0.29, 0.717) is 5.56 Å². The van der Waals surface area contributed by atoms with E-state index < -0.39 is 5.38 Å². The summed E-state index contributed by atoms with van der Waals surface area (Å²) < 4.78 is 2.03. The van der Waals surface area contributed by atoms with Crippen molar-refractivity contribution < 1.29 is 4.79 Å². The number of Topliss-reactive ketones (excluding diaryl/α,β-unsaturated/α-hetero) is 1. The fraction of sp³-hybridized carbons (Fsp3) is 0.500. The molecule has 0 fully saturated rings. The lowest BCUT2D eigenvalue weighted by atomic mass is 10.1. The zero-order valence-electron chi connectivity index (χ0n) is 10.7. The number of terminal acetylenes is 1. The van der Waals surface area contributed by atoms with Crippen molar-refractivity contribution in [1.29, 1.82) is 0 Å². The highest BCUT2D eigenvalue weighted by molar-refractivity contribution is 6.33. The second-order valence-corrected chi connectivity index (χ2v) is 4.88. The Morgan fingerprint density at radius 2 is 2.18 bits per heavy atom. The number of aryl methyl sites for hydroxylation is 1. The van der Waals surface area contributed by atoms with Crippen molar-refractivity contribution in [1.82, 2.24) is 4.57 Å². The van der Waals surface area contributed by atoms with Crippen LogP contribution in [-0.4, -0.2) is 15.7 Å². The van der Waals surface area contributed by atoms with Crippen molar-refractivity contribution in [3.05, 3.63) is 23.0 Å². The molecule has 0 aliphatic heterocycles. The van der Waals surface area contributed by atoms with Crippen LogP contribution in [0.5, 0.6) is 0 Å². The molecule has 2 nitrogen and oxygen atoms in total. The van der Waals surface area contributed by atoms with Gasteiger partial charge in [0.05, 0.1) is 11.4 Å². The normalized spacial score (nSPS) is 14.1. The first kappa shape index (κ1) is 13.9. The molecule has 0 aromatic carbocycles. The van der Waals surface area contributed by atoms with E-state index in [1.54, 1.807) is 6.92 Å². The van der Waals surface area contributed by atoms with Gasteiger partial charge in [-0.3, -0.25) is 4.79 Å². The van der Waals surface area contributed by atoms with Gasteiger partial charge in [-0.25, -0.2) is 0 Å². The van der Waals surface area contributed by atoms with E-state index >= 15 is 0 Å².